The maximum atomic E-state index is 12.1. The summed E-state index contributed by atoms with van der Waals surface area (Å²) in [6.45, 7) is 10.4. The lowest BCUT2D eigenvalue weighted by Gasteiger charge is -2.34. The molecule has 29 heavy (non-hydrogen) atoms. The molecule has 1 unspecified atom stereocenters. The van der Waals surface area contributed by atoms with Gasteiger partial charge in [-0.15, -0.1) is 0 Å². The number of aromatic nitrogens is 2. The van der Waals surface area contributed by atoms with E-state index in [-0.39, 0.29) is 11.9 Å². The van der Waals surface area contributed by atoms with Gasteiger partial charge in [-0.3, -0.25) is 9.79 Å². The number of carbonyl (C=O) groups excluding carboxylic acids is 1. The number of hydrogen-bond donors (Lipinski definition) is 1. The van der Waals surface area contributed by atoms with Gasteiger partial charge in [0.1, 0.15) is 5.82 Å². The van der Waals surface area contributed by atoms with Gasteiger partial charge in [0.25, 0.3) is 0 Å². The molecule has 0 spiro atoms. The fraction of sp³-hybridized carbons (Fsp3) is 0.591. The van der Waals surface area contributed by atoms with Gasteiger partial charge in [0.15, 0.2) is 5.96 Å². The zero-order valence-corrected chi connectivity index (χ0v) is 17.9. The van der Waals surface area contributed by atoms with Gasteiger partial charge in [0, 0.05) is 32.7 Å². The van der Waals surface area contributed by atoms with E-state index in [2.05, 4.69) is 51.8 Å². The second-order valence-electron chi connectivity index (χ2n) is 7.43. The lowest BCUT2D eigenvalue weighted by molar-refractivity contribution is -0.149. The third-order valence-corrected chi connectivity index (χ3v) is 5.32. The molecule has 158 valence electrons. The third-order valence-electron chi connectivity index (χ3n) is 5.32. The van der Waals surface area contributed by atoms with Gasteiger partial charge in [-0.1, -0.05) is 12.1 Å². The van der Waals surface area contributed by atoms with Crippen molar-refractivity contribution in [2.45, 2.75) is 46.6 Å². The number of rotatable bonds is 7. The first-order valence-electron chi connectivity index (χ1n) is 10.8. The number of likely N-dealkylation sites (tertiary alicyclic amines) is 1. The van der Waals surface area contributed by atoms with Crippen molar-refractivity contribution in [2.24, 2.45) is 10.9 Å². The highest BCUT2D eigenvalue weighted by atomic mass is 16.5. The van der Waals surface area contributed by atoms with Crippen molar-refractivity contribution in [3.63, 3.8) is 0 Å². The molecule has 1 atom stereocenters. The Balaban J connectivity index is 1.60. The van der Waals surface area contributed by atoms with Crippen LogP contribution in [0.1, 0.15) is 38.9 Å². The smallest absolute Gasteiger partial charge is 0.310 e. The molecule has 1 aromatic heterocycles. The zero-order chi connectivity index (χ0) is 20.6. The second-order valence-corrected chi connectivity index (χ2v) is 7.43. The zero-order valence-electron chi connectivity index (χ0n) is 17.9. The molecule has 2 aromatic rings. The highest BCUT2D eigenvalue weighted by Crippen LogP contribution is 2.18. The van der Waals surface area contributed by atoms with E-state index in [1.54, 1.807) is 0 Å². The molecule has 0 bridgehead atoms. The van der Waals surface area contributed by atoms with E-state index in [1.165, 1.54) is 5.52 Å². The molecule has 1 aliphatic heterocycles. The topological polar surface area (TPSA) is 71.8 Å². The Kier molecular flexibility index (Phi) is 7.49. The number of ether oxygens (including phenoxy) is 1. The summed E-state index contributed by atoms with van der Waals surface area (Å²) < 4.78 is 7.48. The molecule has 0 amide bonds. The van der Waals surface area contributed by atoms with Crippen molar-refractivity contribution < 1.29 is 9.53 Å². The minimum atomic E-state index is -0.0875. The Hall–Kier alpha value is -2.57. The number of nitrogens with zero attached hydrogens (tertiary/aromatic N) is 4. The summed E-state index contributed by atoms with van der Waals surface area (Å²) >= 11 is 0. The fourth-order valence-electron chi connectivity index (χ4n) is 3.94. The molecule has 2 heterocycles. The first-order chi connectivity index (χ1) is 14.1. The number of fused-ring (bicyclic) bond motifs is 1. The van der Waals surface area contributed by atoms with Crippen LogP contribution in [0, 0.1) is 12.8 Å². The van der Waals surface area contributed by atoms with Gasteiger partial charge < -0.3 is 19.5 Å². The van der Waals surface area contributed by atoms with E-state index in [9.17, 15) is 4.79 Å². The Bertz CT molecular complexity index is 845. The first kappa shape index (κ1) is 21.1. The first-order valence-corrected chi connectivity index (χ1v) is 10.8. The van der Waals surface area contributed by atoms with E-state index >= 15 is 0 Å². The van der Waals surface area contributed by atoms with Crippen molar-refractivity contribution in [3.05, 3.63) is 30.1 Å². The van der Waals surface area contributed by atoms with E-state index < -0.39 is 0 Å². The number of aliphatic imine (C=N–C) groups is 1. The van der Waals surface area contributed by atoms with Gasteiger partial charge in [-0.05, 0) is 52.2 Å². The molecule has 0 saturated carbocycles. The number of piperidine rings is 1. The average molecular weight is 400 g/mol. The van der Waals surface area contributed by atoms with Gasteiger partial charge in [0.05, 0.1) is 23.6 Å². The van der Waals surface area contributed by atoms with Crippen LogP contribution in [-0.2, 0) is 16.1 Å². The van der Waals surface area contributed by atoms with Crippen LogP contribution in [0.3, 0.4) is 0 Å². The Morgan fingerprint density at radius 3 is 2.97 bits per heavy atom. The van der Waals surface area contributed by atoms with Crippen LogP contribution >= 0.6 is 0 Å². The number of nitrogens with one attached hydrogen (secondary N) is 1. The van der Waals surface area contributed by atoms with Crippen LogP contribution in [0.4, 0.5) is 0 Å². The normalized spacial score (nSPS) is 17.6. The maximum Gasteiger partial charge on any atom is 0.310 e. The molecule has 0 aliphatic carbocycles. The summed E-state index contributed by atoms with van der Waals surface area (Å²) in [5, 5.41) is 3.38. The standard InChI is InChI=1S/C22H33N5O2/c1-4-23-22(26-14-8-10-18(16-26)21(28)29-5-2)24-13-9-15-27-17(3)25-19-11-6-7-12-20(19)27/h6-7,11-12,18H,4-5,8-10,13-16H2,1-3H3,(H,23,24). The van der Waals surface area contributed by atoms with Gasteiger partial charge >= 0.3 is 5.97 Å². The van der Waals surface area contributed by atoms with Crippen LogP contribution in [0.25, 0.3) is 11.0 Å². The van der Waals surface area contributed by atoms with E-state index in [4.69, 9.17) is 9.73 Å². The number of esters is 1. The minimum Gasteiger partial charge on any atom is -0.466 e. The van der Waals surface area contributed by atoms with Crippen molar-refractivity contribution in [3.8, 4) is 0 Å². The summed E-state index contributed by atoms with van der Waals surface area (Å²) in [6.07, 6.45) is 2.81. The number of carbonyl (C=O) groups is 1. The summed E-state index contributed by atoms with van der Waals surface area (Å²) in [5.41, 5.74) is 2.22. The van der Waals surface area contributed by atoms with Crippen LogP contribution in [0.5, 0.6) is 0 Å². The number of guanidine groups is 1. The summed E-state index contributed by atoms with van der Waals surface area (Å²) in [7, 11) is 0. The van der Waals surface area contributed by atoms with Crippen LogP contribution in [-0.4, -0.2) is 59.2 Å². The third kappa shape index (κ3) is 5.28. The average Bonchev–Trinajstić information content (AvgIpc) is 3.05. The molecule has 1 saturated heterocycles. The molecular formula is C22H33N5O2. The summed E-state index contributed by atoms with van der Waals surface area (Å²) in [5.74, 6) is 1.78. The summed E-state index contributed by atoms with van der Waals surface area (Å²) in [6, 6.07) is 8.24. The largest absolute Gasteiger partial charge is 0.466 e. The molecule has 7 nitrogen and oxygen atoms in total. The van der Waals surface area contributed by atoms with E-state index in [0.717, 1.165) is 62.7 Å². The molecule has 1 aromatic carbocycles. The van der Waals surface area contributed by atoms with E-state index in [0.29, 0.717) is 13.2 Å². The predicted molar refractivity (Wildman–Crippen MR) is 116 cm³/mol. The van der Waals surface area contributed by atoms with Crippen molar-refractivity contribution in [1.29, 1.82) is 0 Å². The van der Waals surface area contributed by atoms with E-state index in [1.807, 2.05) is 13.0 Å². The number of imidazole rings is 1. The number of benzene rings is 1. The molecule has 1 fully saturated rings. The second kappa shape index (κ2) is 10.3. The Labute approximate surface area is 173 Å². The molecule has 1 aliphatic rings. The lowest BCUT2D eigenvalue weighted by Crippen LogP contribution is -2.48. The monoisotopic (exact) mass is 399 g/mol. The molecule has 0 radical (unpaired) electrons. The van der Waals surface area contributed by atoms with Gasteiger partial charge in [0.2, 0.25) is 0 Å². The van der Waals surface area contributed by atoms with Gasteiger partial charge in [-0.2, -0.15) is 0 Å². The highest BCUT2D eigenvalue weighted by Gasteiger charge is 2.28. The Morgan fingerprint density at radius 1 is 1.34 bits per heavy atom. The predicted octanol–water partition coefficient (Wildman–Crippen LogP) is 2.98. The number of aryl methyl sites for hydroxylation is 2. The fourth-order valence-corrected chi connectivity index (χ4v) is 3.94. The Morgan fingerprint density at radius 2 is 2.17 bits per heavy atom. The lowest BCUT2D eigenvalue weighted by atomic mass is 9.98. The molecule has 3 rings (SSSR count). The SMILES string of the molecule is CCNC(=NCCCn1c(C)nc2ccccc21)N1CCCC(C(=O)OCC)C1. The van der Waals surface area contributed by atoms with Crippen LogP contribution in [0.15, 0.2) is 29.3 Å². The van der Waals surface area contributed by atoms with Crippen molar-refractivity contribution >= 4 is 23.0 Å². The quantitative estimate of drug-likeness (QED) is 0.335. The summed E-state index contributed by atoms with van der Waals surface area (Å²) in [4.78, 5) is 23.8. The van der Waals surface area contributed by atoms with Crippen molar-refractivity contribution in [2.75, 3.05) is 32.8 Å². The minimum absolute atomic E-state index is 0.0625. The molecule has 1 N–H and O–H groups in total. The number of para-hydroxylation sites is 2. The maximum absolute atomic E-state index is 12.1. The molecule has 7 heteroatoms. The van der Waals surface area contributed by atoms with Gasteiger partial charge in [-0.25, -0.2) is 4.98 Å². The van der Waals surface area contributed by atoms with Crippen LogP contribution < -0.4 is 5.32 Å². The number of hydrogen-bond acceptors (Lipinski definition) is 4. The van der Waals surface area contributed by atoms with Crippen LogP contribution in [0.2, 0.25) is 0 Å². The molecular weight excluding hydrogens is 366 g/mol. The van der Waals surface area contributed by atoms with Crippen molar-refractivity contribution in [1.82, 2.24) is 19.8 Å². The highest BCUT2D eigenvalue weighted by molar-refractivity contribution is 5.81.